The van der Waals surface area contributed by atoms with Gasteiger partial charge in [-0.3, -0.25) is 9.59 Å². The zero-order valence-electron chi connectivity index (χ0n) is 14.9. The minimum absolute atomic E-state index is 0.344. The SMILES string of the molecule is Cc1cc(C)n(-c2ccc(=O)n(C(C)C(=O)Nc3cc(Cl)ccc3Cl)n2)n1. The molecule has 1 atom stereocenters. The minimum Gasteiger partial charge on any atom is -0.323 e. The van der Waals surface area contributed by atoms with E-state index in [1.165, 1.54) is 12.1 Å². The molecule has 1 N–H and O–H groups in total. The van der Waals surface area contributed by atoms with Crippen molar-refractivity contribution in [2.24, 2.45) is 0 Å². The van der Waals surface area contributed by atoms with Gasteiger partial charge in [0.25, 0.3) is 5.56 Å². The molecule has 0 saturated heterocycles. The van der Waals surface area contributed by atoms with E-state index in [0.29, 0.717) is 21.6 Å². The molecule has 1 amide bonds. The average molecular weight is 406 g/mol. The van der Waals surface area contributed by atoms with Gasteiger partial charge in [-0.05, 0) is 51.1 Å². The standard InChI is InChI=1S/C18H17Cl2N5O2/c1-10-8-11(2)24(22-10)16-6-7-17(26)25(23-16)12(3)18(27)21-15-9-13(19)4-5-14(15)20/h4-9,12H,1-3H3,(H,21,27). The highest BCUT2D eigenvalue weighted by Crippen LogP contribution is 2.26. The van der Waals surface area contributed by atoms with Gasteiger partial charge in [-0.15, -0.1) is 5.10 Å². The molecule has 0 aliphatic carbocycles. The molecule has 2 aromatic heterocycles. The molecule has 9 heteroatoms. The van der Waals surface area contributed by atoms with Crippen LogP contribution >= 0.6 is 23.2 Å². The molecule has 7 nitrogen and oxygen atoms in total. The van der Waals surface area contributed by atoms with Crippen LogP contribution in [0.3, 0.4) is 0 Å². The lowest BCUT2D eigenvalue weighted by atomic mass is 10.2. The normalized spacial score (nSPS) is 12.0. The van der Waals surface area contributed by atoms with E-state index >= 15 is 0 Å². The lowest BCUT2D eigenvalue weighted by Crippen LogP contribution is -2.33. The summed E-state index contributed by atoms with van der Waals surface area (Å²) >= 11 is 12.0. The number of rotatable bonds is 4. The summed E-state index contributed by atoms with van der Waals surface area (Å²) in [4.78, 5) is 24.9. The smallest absolute Gasteiger partial charge is 0.267 e. The van der Waals surface area contributed by atoms with Gasteiger partial charge < -0.3 is 5.32 Å². The van der Waals surface area contributed by atoms with Crippen LogP contribution in [-0.4, -0.2) is 25.5 Å². The van der Waals surface area contributed by atoms with Crippen LogP contribution in [0.2, 0.25) is 10.0 Å². The molecule has 1 aromatic carbocycles. The zero-order chi connectivity index (χ0) is 19.7. The van der Waals surface area contributed by atoms with Crippen LogP contribution in [0, 0.1) is 13.8 Å². The number of hydrogen-bond donors (Lipinski definition) is 1. The summed E-state index contributed by atoms with van der Waals surface area (Å²) < 4.78 is 2.73. The number of carbonyl (C=O) groups excluding carboxylic acids is 1. The number of benzene rings is 1. The molecule has 0 saturated carbocycles. The summed E-state index contributed by atoms with van der Waals surface area (Å²) in [6, 6.07) is 8.69. The largest absolute Gasteiger partial charge is 0.323 e. The third kappa shape index (κ3) is 4.04. The molecule has 2 heterocycles. The van der Waals surface area contributed by atoms with Crippen molar-refractivity contribution in [3.8, 4) is 5.82 Å². The van der Waals surface area contributed by atoms with Gasteiger partial charge in [0.1, 0.15) is 6.04 Å². The second-order valence-electron chi connectivity index (χ2n) is 6.10. The first-order valence-corrected chi connectivity index (χ1v) is 8.91. The Morgan fingerprint density at radius 2 is 1.85 bits per heavy atom. The van der Waals surface area contributed by atoms with Gasteiger partial charge in [0.2, 0.25) is 5.91 Å². The van der Waals surface area contributed by atoms with E-state index in [9.17, 15) is 9.59 Å². The van der Waals surface area contributed by atoms with Crippen molar-refractivity contribution in [2.45, 2.75) is 26.8 Å². The number of amides is 1. The Balaban J connectivity index is 1.92. The number of carbonyl (C=O) groups is 1. The monoisotopic (exact) mass is 405 g/mol. The van der Waals surface area contributed by atoms with Gasteiger partial charge >= 0.3 is 0 Å². The van der Waals surface area contributed by atoms with E-state index in [4.69, 9.17) is 23.2 Å². The maximum atomic E-state index is 12.6. The summed E-state index contributed by atoms with van der Waals surface area (Å²) in [5, 5.41) is 12.1. The molecular weight excluding hydrogens is 389 g/mol. The molecule has 0 aliphatic heterocycles. The molecule has 1 unspecified atom stereocenters. The third-order valence-electron chi connectivity index (χ3n) is 3.97. The first-order valence-electron chi connectivity index (χ1n) is 8.15. The Labute approximate surface area is 165 Å². The van der Waals surface area contributed by atoms with Crippen LogP contribution in [0.4, 0.5) is 5.69 Å². The summed E-state index contributed by atoms with van der Waals surface area (Å²) in [7, 11) is 0. The Bertz CT molecular complexity index is 1070. The average Bonchev–Trinajstić information content (AvgIpc) is 2.96. The number of nitrogens with zero attached hydrogens (tertiary/aromatic N) is 4. The maximum Gasteiger partial charge on any atom is 0.267 e. The van der Waals surface area contributed by atoms with Crippen molar-refractivity contribution in [3.63, 3.8) is 0 Å². The molecule has 3 rings (SSSR count). The van der Waals surface area contributed by atoms with E-state index in [-0.39, 0.29) is 0 Å². The van der Waals surface area contributed by atoms with E-state index in [1.807, 2.05) is 19.9 Å². The van der Waals surface area contributed by atoms with Crippen molar-refractivity contribution in [1.29, 1.82) is 0 Å². The fourth-order valence-corrected chi connectivity index (χ4v) is 2.94. The van der Waals surface area contributed by atoms with Crippen molar-refractivity contribution >= 4 is 34.8 Å². The number of anilines is 1. The predicted octanol–water partition coefficient (Wildman–Crippen LogP) is 3.55. The van der Waals surface area contributed by atoms with Crippen LogP contribution in [-0.2, 0) is 4.79 Å². The van der Waals surface area contributed by atoms with Crippen molar-refractivity contribution in [2.75, 3.05) is 5.32 Å². The molecule has 27 heavy (non-hydrogen) atoms. The molecule has 3 aromatic rings. The van der Waals surface area contributed by atoms with Gasteiger partial charge in [-0.1, -0.05) is 23.2 Å². The molecule has 0 bridgehead atoms. The number of hydrogen-bond acceptors (Lipinski definition) is 4. The van der Waals surface area contributed by atoms with Crippen molar-refractivity contribution in [1.82, 2.24) is 19.6 Å². The highest BCUT2D eigenvalue weighted by atomic mass is 35.5. The second kappa shape index (κ2) is 7.54. The van der Waals surface area contributed by atoms with Crippen LogP contribution in [0.1, 0.15) is 24.4 Å². The van der Waals surface area contributed by atoms with E-state index < -0.39 is 17.5 Å². The first-order chi connectivity index (χ1) is 12.8. The molecule has 0 aliphatic rings. The molecular formula is C18H17Cl2N5O2. The topological polar surface area (TPSA) is 81.8 Å². The number of nitrogens with one attached hydrogen (secondary N) is 1. The van der Waals surface area contributed by atoms with Gasteiger partial charge in [0, 0.05) is 16.8 Å². The first kappa shape index (κ1) is 19.1. The Hall–Kier alpha value is -2.64. The van der Waals surface area contributed by atoms with Gasteiger partial charge in [0.05, 0.1) is 16.4 Å². The maximum absolute atomic E-state index is 12.6. The highest BCUT2D eigenvalue weighted by Gasteiger charge is 2.20. The quantitative estimate of drug-likeness (QED) is 0.719. The summed E-state index contributed by atoms with van der Waals surface area (Å²) in [5.41, 5.74) is 1.66. The lowest BCUT2D eigenvalue weighted by Gasteiger charge is -2.16. The number of halogens is 2. The van der Waals surface area contributed by atoms with E-state index in [2.05, 4.69) is 15.5 Å². The summed E-state index contributed by atoms with van der Waals surface area (Å²) in [5.74, 6) is -0.0000718. The molecule has 140 valence electrons. The Kier molecular flexibility index (Phi) is 5.34. The van der Waals surface area contributed by atoms with E-state index in [1.54, 1.807) is 29.8 Å². The zero-order valence-corrected chi connectivity index (χ0v) is 16.4. The van der Waals surface area contributed by atoms with Crippen molar-refractivity contribution < 1.29 is 4.79 Å². The molecule has 0 fully saturated rings. The fraction of sp³-hybridized carbons (Fsp3) is 0.222. The number of aryl methyl sites for hydroxylation is 2. The van der Waals surface area contributed by atoms with Gasteiger partial charge in [-0.2, -0.15) is 5.10 Å². The molecule has 0 radical (unpaired) electrons. The van der Waals surface area contributed by atoms with E-state index in [0.717, 1.165) is 16.1 Å². The van der Waals surface area contributed by atoms with Crippen LogP contribution < -0.4 is 10.9 Å². The molecule has 0 spiro atoms. The van der Waals surface area contributed by atoms with Gasteiger partial charge in [0.15, 0.2) is 5.82 Å². The highest BCUT2D eigenvalue weighted by molar-refractivity contribution is 6.35. The Morgan fingerprint density at radius 3 is 2.52 bits per heavy atom. The third-order valence-corrected chi connectivity index (χ3v) is 4.53. The van der Waals surface area contributed by atoms with Crippen LogP contribution in [0.15, 0.2) is 41.2 Å². The minimum atomic E-state index is -0.871. The van der Waals surface area contributed by atoms with Crippen molar-refractivity contribution in [3.05, 3.63) is 68.2 Å². The van der Waals surface area contributed by atoms with Gasteiger partial charge in [-0.25, -0.2) is 9.36 Å². The fourth-order valence-electron chi connectivity index (χ4n) is 2.61. The second-order valence-corrected chi connectivity index (χ2v) is 6.95. The van der Waals surface area contributed by atoms with Crippen LogP contribution in [0.5, 0.6) is 0 Å². The summed E-state index contributed by atoms with van der Waals surface area (Å²) in [6.07, 6.45) is 0. The predicted molar refractivity (Wildman–Crippen MR) is 105 cm³/mol. The van der Waals surface area contributed by atoms with Crippen LogP contribution in [0.25, 0.3) is 5.82 Å². The lowest BCUT2D eigenvalue weighted by molar-refractivity contribution is -0.119. The number of aromatic nitrogens is 4. The summed E-state index contributed by atoms with van der Waals surface area (Å²) in [6.45, 7) is 5.33. The Morgan fingerprint density at radius 1 is 1.11 bits per heavy atom.